The van der Waals surface area contributed by atoms with Gasteiger partial charge in [-0.15, -0.1) is 15.0 Å². The number of ether oxygens (including phenoxy) is 3. The first-order chi connectivity index (χ1) is 8.71. The normalized spacial score (nSPS) is 9.89. The maximum absolute atomic E-state index is 5.57. The van der Waals surface area contributed by atoms with Gasteiger partial charge in [-0.05, 0) is 24.3 Å². The van der Waals surface area contributed by atoms with Crippen molar-refractivity contribution >= 4 is 5.69 Å². The van der Waals surface area contributed by atoms with Crippen LogP contribution < -0.4 is 19.9 Å². The molecule has 2 N–H and O–H groups in total. The molecule has 0 aliphatic carbocycles. The van der Waals surface area contributed by atoms with Gasteiger partial charge in [0.05, 0.1) is 14.2 Å². The van der Waals surface area contributed by atoms with E-state index in [1.165, 1.54) is 14.2 Å². The van der Waals surface area contributed by atoms with Crippen molar-refractivity contribution in [1.29, 1.82) is 0 Å². The van der Waals surface area contributed by atoms with Crippen LogP contribution in [0, 0.1) is 0 Å². The van der Waals surface area contributed by atoms with Crippen molar-refractivity contribution in [3.05, 3.63) is 24.3 Å². The first kappa shape index (κ1) is 11.9. The number of methoxy groups -OCH3 is 2. The third-order valence-electron chi connectivity index (χ3n) is 2.03. The summed E-state index contributed by atoms with van der Waals surface area (Å²) in [6, 6.07) is 7.16. The standard InChI is InChI=1S/C11H12N4O3/c1-16-9-13-10(17-2)15-11(14-9)18-8-5-3-7(12)4-6-8/h3-6H,12H2,1-2H3. The number of hydrogen-bond donors (Lipinski definition) is 1. The summed E-state index contributed by atoms with van der Waals surface area (Å²) in [5, 5.41) is 0. The SMILES string of the molecule is COc1nc(OC)nc(Oc2ccc(N)cc2)n1. The largest absolute Gasteiger partial charge is 0.467 e. The van der Waals surface area contributed by atoms with Crippen molar-refractivity contribution in [2.75, 3.05) is 20.0 Å². The van der Waals surface area contributed by atoms with E-state index in [1.54, 1.807) is 24.3 Å². The average Bonchev–Trinajstić information content (AvgIpc) is 2.41. The Morgan fingerprint density at radius 1 is 0.833 bits per heavy atom. The molecular formula is C11H12N4O3. The van der Waals surface area contributed by atoms with E-state index in [4.69, 9.17) is 19.9 Å². The minimum Gasteiger partial charge on any atom is -0.467 e. The fraction of sp³-hybridized carbons (Fsp3) is 0.182. The van der Waals surface area contributed by atoms with Crippen molar-refractivity contribution < 1.29 is 14.2 Å². The fourth-order valence-corrected chi connectivity index (χ4v) is 1.19. The number of rotatable bonds is 4. The lowest BCUT2D eigenvalue weighted by atomic mass is 10.3. The summed E-state index contributed by atoms with van der Waals surface area (Å²) in [5.41, 5.74) is 6.22. The minimum absolute atomic E-state index is 0.0865. The van der Waals surface area contributed by atoms with Crippen LogP contribution in [0.4, 0.5) is 5.69 Å². The number of anilines is 1. The zero-order valence-electron chi connectivity index (χ0n) is 9.95. The van der Waals surface area contributed by atoms with Gasteiger partial charge in [0.25, 0.3) is 0 Å². The Bertz CT molecular complexity index is 508. The van der Waals surface area contributed by atoms with Crippen LogP contribution in [0.1, 0.15) is 0 Å². The van der Waals surface area contributed by atoms with Gasteiger partial charge in [-0.1, -0.05) is 0 Å². The number of nitrogen functional groups attached to an aromatic ring is 1. The van der Waals surface area contributed by atoms with Crippen molar-refractivity contribution in [3.8, 4) is 23.8 Å². The summed E-state index contributed by atoms with van der Waals surface area (Å²) in [5.74, 6) is 0.555. The monoisotopic (exact) mass is 248 g/mol. The van der Waals surface area contributed by atoms with Crippen molar-refractivity contribution in [3.63, 3.8) is 0 Å². The average molecular weight is 248 g/mol. The molecule has 0 amide bonds. The molecule has 0 radical (unpaired) electrons. The van der Waals surface area contributed by atoms with Crippen LogP contribution in [-0.2, 0) is 0 Å². The molecule has 1 aromatic carbocycles. The highest BCUT2D eigenvalue weighted by Gasteiger charge is 2.08. The van der Waals surface area contributed by atoms with Gasteiger partial charge in [0.1, 0.15) is 5.75 Å². The number of nitrogens with zero attached hydrogens (tertiary/aromatic N) is 3. The molecule has 0 aliphatic heterocycles. The molecule has 0 saturated carbocycles. The van der Waals surface area contributed by atoms with E-state index >= 15 is 0 Å². The second-order valence-corrected chi connectivity index (χ2v) is 3.26. The number of aromatic nitrogens is 3. The fourth-order valence-electron chi connectivity index (χ4n) is 1.19. The Morgan fingerprint density at radius 3 is 1.83 bits per heavy atom. The lowest BCUT2D eigenvalue weighted by Gasteiger charge is -2.06. The van der Waals surface area contributed by atoms with Gasteiger partial charge in [0, 0.05) is 5.69 Å². The Morgan fingerprint density at radius 2 is 1.33 bits per heavy atom. The Kier molecular flexibility index (Phi) is 3.42. The Balaban J connectivity index is 2.25. The van der Waals surface area contributed by atoms with Gasteiger partial charge in [-0.2, -0.15) is 0 Å². The van der Waals surface area contributed by atoms with Gasteiger partial charge in [-0.3, -0.25) is 0 Å². The van der Waals surface area contributed by atoms with Gasteiger partial charge < -0.3 is 19.9 Å². The van der Waals surface area contributed by atoms with Crippen molar-refractivity contribution in [1.82, 2.24) is 15.0 Å². The molecule has 0 atom stereocenters. The van der Waals surface area contributed by atoms with E-state index in [1.807, 2.05) is 0 Å². The lowest BCUT2D eigenvalue weighted by molar-refractivity contribution is 0.320. The van der Waals surface area contributed by atoms with Gasteiger partial charge in [0.15, 0.2) is 0 Å². The first-order valence-corrected chi connectivity index (χ1v) is 5.08. The highest BCUT2D eigenvalue weighted by molar-refractivity contribution is 5.42. The summed E-state index contributed by atoms with van der Waals surface area (Å²) >= 11 is 0. The molecule has 0 saturated heterocycles. The van der Waals surface area contributed by atoms with Crippen molar-refractivity contribution in [2.24, 2.45) is 0 Å². The minimum atomic E-state index is 0.0865. The third-order valence-corrected chi connectivity index (χ3v) is 2.03. The molecule has 18 heavy (non-hydrogen) atoms. The predicted molar refractivity (Wildman–Crippen MR) is 63.9 cm³/mol. The highest BCUT2D eigenvalue weighted by Crippen LogP contribution is 2.21. The smallest absolute Gasteiger partial charge is 0.331 e. The molecule has 0 fully saturated rings. The van der Waals surface area contributed by atoms with E-state index in [9.17, 15) is 0 Å². The van der Waals surface area contributed by atoms with Crippen molar-refractivity contribution in [2.45, 2.75) is 0 Å². The summed E-state index contributed by atoms with van der Waals surface area (Å²) in [6.07, 6.45) is 0. The number of benzene rings is 1. The molecule has 94 valence electrons. The molecule has 0 unspecified atom stereocenters. The summed E-state index contributed by atoms with van der Waals surface area (Å²) in [4.78, 5) is 11.7. The predicted octanol–water partition coefficient (Wildman–Crippen LogP) is 1.26. The van der Waals surface area contributed by atoms with Gasteiger partial charge in [0.2, 0.25) is 0 Å². The van der Waals surface area contributed by atoms with Crippen LogP contribution in [0.5, 0.6) is 23.8 Å². The highest BCUT2D eigenvalue weighted by atomic mass is 16.5. The molecule has 1 heterocycles. The lowest BCUT2D eigenvalue weighted by Crippen LogP contribution is -2.01. The van der Waals surface area contributed by atoms with Crippen LogP contribution in [-0.4, -0.2) is 29.2 Å². The summed E-state index contributed by atoms with van der Waals surface area (Å²) in [7, 11) is 2.89. The molecule has 7 nitrogen and oxygen atoms in total. The topological polar surface area (TPSA) is 92.4 Å². The van der Waals surface area contributed by atoms with Crippen LogP contribution in [0.15, 0.2) is 24.3 Å². The van der Waals surface area contributed by atoms with Crippen LogP contribution in [0.3, 0.4) is 0 Å². The second-order valence-electron chi connectivity index (χ2n) is 3.26. The van der Waals surface area contributed by atoms with E-state index in [-0.39, 0.29) is 18.0 Å². The maximum Gasteiger partial charge on any atom is 0.331 e. The van der Waals surface area contributed by atoms with Gasteiger partial charge >= 0.3 is 18.0 Å². The molecule has 2 rings (SSSR count). The van der Waals surface area contributed by atoms with Crippen LogP contribution in [0.25, 0.3) is 0 Å². The number of hydrogen-bond acceptors (Lipinski definition) is 7. The number of nitrogens with two attached hydrogens (primary N) is 1. The van der Waals surface area contributed by atoms with Gasteiger partial charge in [-0.25, -0.2) is 0 Å². The summed E-state index contributed by atoms with van der Waals surface area (Å²) in [6.45, 7) is 0. The van der Waals surface area contributed by atoms with E-state index in [2.05, 4.69) is 15.0 Å². The maximum atomic E-state index is 5.57. The zero-order chi connectivity index (χ0) is 13.0. The Hall–Kier alpha value is -2.57. The van der Waals surface area contributed by atoms with E-state index in [0.717, 1.165) is 0 Å². The quantitative estimate of drug-likeness (QED) is 0.814. The van der Waals surface area contributed by atoms with E-state index < -0.39 is 0 Å². The third kappa shape index (κ3) is 2.76. The van der Waals surface area contributed by atoms with Crippen LogP contribution >= 0.6 is 0 Å². The molecule has 2 aromatic rings. The van der Waals surface area contributed by atoms with Crippen LogP contribution in [0.2, 0.25) is 0 Å². The molecule has 0 spiro atoms. The zero-order valence-corrected chi connectivity index (χ0v) is 9.95. The molecule has 0 aliphatic rings. The second kappa shape index (κ2) is 5.17. The van der Waals surface area contributed by atoms with E-state index in [0.29, 0.717) is 11.4 Å². The molecule has 0 bridgehead atoms. The summed E-state index contributed by atoms with van der Waals surface area (Å²) < 4.78 is 15.3. The molecule has 1 aromatic heterocycles. The molecule has 7 heteroatoms. The first-order valence-electron chi connectivity index (χ1n) is 5.08. The molecular weight excluding hydrogens is 236 g/mol. The Labute approximate surface area is 104 Å².